The molecule has 2 aromatic carbocycles. The molecule has 2 heterocycles. The molecule has 0 saturated carbocycles. The van der Waals surface area contributed by atoms with Crippen LogP contribution in [0, 0.1) is 13.8 Å². The molecule has 0 unspecified atom stereocenters. The van der Waals surface area contributed by atoms with Gasteiger partial charge in [-0.3, -0.25) is 14.5 Å². The molecule has 0 bridgehead atoms. The average molecular weight is 418 g/mol. The van der Waals surface area contributed by atoms with Crippen molar-refractivity contribution in [2.75, 3.05) is 19.0 Å². The SMILES string of the molecule is COC(=O)[C@H]1Cc2ccccc2CN1CC(=O)Nc1c(C)nn(-c2ccccc2)c1C. The van der Waals surface area contributed by atoms with Crippen LogP contribution in [0.5, 0.6) is 0 Å². The van der Waals surface area contributed by atoms with Gasteiger partial charge in [0.05, 0.1) is 36.4 Å². The van der Waals surface area contributed by atoms with Crippen molar-refractivity contribution in [3.8, 4) is 5.69 Å². The van der Waals surface area contributed by atoms with Gasteiger partial charge in [0.15, 0.2) is 0 Å². The molecule has 1 aliphatic rings. The van der Waals surface area contributed by atoms with E-state index in [4.69, 9.17) is 4.74 Å². The highest BCUT2D eigenvalue weighted by Crippen LogP contribution is 2.25. The monoisotopic (exact) mass is 418 g/mol. The lowest BCUT2D eigenvalue weighted by atomic mass is 9.94. The molecule has 1 atom stereocenters. The van der Waals surface area contributed by atoms with Gasteiger partial charge in [0.25, 0.3) is 0 Å². The smallest absolute Gasteiger partial charge is 0.323 e. The first kappa shape index (κ1) is 20.8. The summed E-state index contributed by atoms with van der Waals surface area (Å²) in [6.45, 7) is 4.40. The number of rotatable bonds is 5. The van der Waals surface area contributed by atoms with Gasteiger partial charge in [0.2, 0.25) is 5.91 Å². The third kappa shape index (κ3) is 4.22. The minimum absolute atomic E-state index is 0.0868. The highest BCUT2D eigenvalue weighted by Gasteiger charge is 2.33. The lowest BCUT2D eigenvalue weighted by Gasteiger charge is -2.34. The number of carbonyl (C=O) groups excluding carboxylic acids is 2. The Balaban J connectivity index is 1.53. The largest absolute Gasteiger partial charge is 0.468 e. The molecule has 0 spiro atoms. The molecule has 31 heavy (non-hydrogen) atoms. The van der Waals surface area contributed by atoms with Crippen LogP contribution < -0.4 is 5.32 Å². The zero-order valence-electron chi connectivity index (χ0n) is 18.0. The second-order valence-electron chi connectivity index (χ2n) is 7.76. The highest BCUT2D eigenvalue weighted by atomic mass is 16.5. The van der Waals surface area contributed by atoms with Crippen molar-refractivity contribution in [3.63, 3.8) is 0 Å². The molecule has 3 aromatic rings. The Morgan fingerprint density at radius 2 is 1.74 bits per heavy atom. The summed E-state index contributed by atoms with van der Waals surface area (Å²) in [5, 5.41) is 7.58. The summed E-state index contributed by atoms with van der Waals surface area (Å²) in [5.74, 6) is -0.515. The third-order valence-corrected chi connectivity index (χ3v) is 5.72. The summed E-state index contributed by atoms with van der Waals surface area (Å²) in [5.41, 5.74) is 5.46. The highest BCUT2D eigenvalue weighted by molar-refractivity contribution is 5.94. The normalized spacial score (nSPS) is 15.9. The van der Waals surface area contributed by atoms with E-state index in [-0.39, 0.29) is 18.4 Å². The van der Waals surface area contributed by atoms with Gasteiger partial charge in [-0.1, -0.05) is 42.5 Å². The standard InChI is InChI=1S/C24H26N4O3/c1-16-23(17(2)28(26-16)20-11-5-4-6-12-20)25-22(29)15-27-14-19-10-8-7-9-18(19)13-21(27)24(30)31-3/h4-12,21H,13-15H2,1-3H3,(H,25,29)/t21-/m1/s1. The van der Waals surface area contributed by atoms with Gasteiger partial charge in [-0.2, -0.15) is 5.10 Å². The molecule has 0 aliphatic carbocycles. The van der Waals surface area contributed by atoms with Crippen molar-refractivity contribution in [2.45, 2.75) is 32.9 Å². The summed E-state index contributed by atoms with van der Waals surface area (Å²) in [7, 11) is 1.38. The molecule has 1 aromatic heterocycles. The lowest BCUT2D eigenvalue weighted by Crippen LogP contribution is -2.49. The van der Waals surface area contributed by atoms with Crippen LogP contribution in [0.4, 0.5) is 5.69 Å². The zero-order chi connectivity index (χ0) is 22.0. The van der Waals surface area contributed by atoms with E-state index in [1.807, 2.05) is 78.0 Å². The molecule has 4 rings (SSSR count). The Labute approximate surface area is 181 Å². The number of fused-ring (bicyclic) bond motifs is 1. The number of amides is 1. The van der Waals surface area contributed by atoms with Gasteiger partial charge >= 0.3 is 5.97 Å². The van der Waals surface area contributed by atoms with E-state index < -0.39 is 6.04 Å². The topological polar surface area (TPSA) is 76.5 Å². The molecule has 0 fully saturated rings. The number of aryl methyl sites for hydroxylation is 1. The van der Waals surface area contributed by atoms with Gasteiger partial charge in [0.1, 0.15) is 6.04 Å². The van der Waals surface area contributed by atoms with Crippen molar-refractivity contribution < 1.29 is 14.3 Å². The molecular weight excluding hydrogens is 392 g/mol. The van der Waals surface area contributed by atoms with Crippen LogP contribution in [0.15, 0.2) is 54.6 Å². The summed E-state index contributed by atoms with van der Waals surface area (Å²) < 4.78 is 6.82. The summed E-state index contributed by atoms with van der Waals surface area (Å²) >= 11 is 0. The Hall–Kier alpha value is -3.45. The maximum Gasteiger partial charge on any atom is 0.323 e. The first-order chi connectivity index (χ1) is 15.0. The van der Waals surface area contributed by atoms with Gasteiger partial charge < -0.3 is 10.1 Å². The zero-order valence-corrected chi connectivity index (χ0v) is 18.0. The minimum atomic E-state index is -0.486. The predicted molar refractivity (Wildman–Crippen MR) is 118 cm³/mol. The van der Waals surface area contributed by atoms with E-state index in [2.05, 4.69) is 10.4 Å². The number of hydrogen-bond donors (Lipinski definition) is 1. The maximum absolute atomic E-state index is 13.0. The number of benzene rings is 2. The molecule has 7 nitrogen and oxygen atoms in total. The number of hydrogen-bond acceptors (Lipinski definition) is 5. The van der Waals surface area contributed by atoms with Crippen LogP contribution >= 0.6 is 0 Å². The number of ether oxygens (including phenoxy) is 1. The number of aromatic nitrogens is 2. The Morgan fingerprint density at radius 3 is 2.45 bits per heavy atom. The summed E-state index contributed by atoms with van der Waals surface area (Å²) in [6, 6.07) is 17.3. The van der Waals surface area contributed by atoms with E-state index in [0.717, 1.165) is 28.2 Å². The number of anilines is 1. The molecule has 160 valence electrons. The van der Waals surface area contributed by atoms with Gasteiger partial charge in [-0.05, 0) is 43.5 Å². The van der Waals surface area contributed by atoms with Crippen LogP contribution in [-0.4, -0.2) is 46.3 Å². The van der Waals surface area contributed by atoms with Crippen LogP contribution in [0.3, 0.4) is 0 Å². The van der Waals surface area contributed by atoms with Crippen molar-refractivity contribution in [2.24, 2.45) is 0 Å². The van der Waals surface area contributed by atoms with E-state index in [0.29, 0.717) is 18.7 Å². The fraction of sp³-hybridized carbons (Fsp3) is 0.292. The van der Waals surface area contributed by atoms with Crippen LogP contribution in [0.25, 0.3) is 5.69 Å². The first-order valence-electron chi connectivity index (χ1n) is 10.3. The number of esters is 1. The number of carbonyl (C=O) groups is 2. The maximum atomic E-state index is 13.0. The fourth-order valence-electron chi connectivity index (χ4n) is 4.12. The molecule has 0 saturated heterocycles. The molecule has 7 heteroatoms. The number of nitrogens with zero attached hydrogens (tertiary/aromatic N) is 3. The van der Waals surface area contributed by atoms with Crippen LogP contribution in [-0.2, 0) is 27.3 Å². The lowest BCUT2D eigenvalue weighted by molar-refractivity contribution is -0.148. The quantitative estimate of drug-likeness (QED) is 0.645. The molecule has 1 N–H and O–H groups in total. The van der Waals surface area contributed by atoms with Crippen molar-refractivity contribution in [1.82, 2.24) is 14.7 Å². The predicted octanol–water partition coefficient (Wildman–Crippen LogP) is 3.03. The van der Waals surface area contributed by atoms with Crippen LogP contribution in [0.1, 0.15) is 22.5 Å². The third-order valence-electron chi connectivity index (χ3n) is 5.72. The molecule has 0 radical (unpaired) electrons. The van der Waals surface area contributed by atoms with E-state index in [1.54, 1.807) is 0 Å². The van der Waals surface area contributed by atoms with Crippen molar-refractivity contribution >= 4 is 17.6 Å². The van der Waals surface area contributed by atoms with E-state index in [9.17, 15) is 9.59 Å². The molecular formula is C24H26N4O3. The van der Waals surface area contributed by atoms with Crippen molar-refractivity contribution in [1.29, 1.82) is 0 Å². The van der Waals surface area contributed by atoms with Gasteiger partial charge in [-0.25, -0.2) is 4.68 Å². The van der Waals surface area contributed by atoms with E-state index in [1.165, 1.54) is 7.11 Å². The molecule has 1 amide bonds. The second kappa shape index (κ2) is 8.73. The summed E-state index contributed by atoms with van der Waals surface area (Å²) in [4.78, 5) is 27.2. The molecule has 1 aliphatic heterocycles. The van der Waals surface area contributed by atoms with E-state index >= 15 is 0 Å². The average Bonchev–Trinajstić information content (AvgIpc) is 3.07. The Bertz CT molecular complexity index is 1110. The summed E-state index contributed by atoms with van der Waals surface area (Å²) in [6.07, 6.45) is 0.528. The number of nitrogens with one attached hydrogen (secondary N) is 1. The minimum Gasteiger partial charge on any atom is -0.468 e. The number of methoxy groups -OCH3 is 1. The second-order valence-corrected chi connectivity index (χ2v) is 7.76. The Kier molecular flexibility index (Phi) is 5.86. The Morgan fingerprint density at radius 1 is 1.06 bits per heavy atom. The van der Waals surface area contributed by atoms with Gasteiger partial charge in [0, 0.05) is 6.54 Å². The van der Waals surface area contributed by atoms with Crippen LogP contribution in [0.2, 0.25) is 0 Å². The number of para-hydroxylation sites is 1. The first-order valence-corrected chi connectivity index (χ1v) is 10.3. The van der Waals surface area contributed by atoms with Crippen molar-refractivity contribution in [3.05, 3.63) is 77.1 Å². The van der Waals surface area contributed by atoms with Gasteiger partial charge in [-0.15, -0.1) is 0 Å². The fourth-order valence-corrected chi connectivity index (χ4v) is 4.12.